The van der Waals surface area contributed by atoms with Crippen LogP contribution >= 0.6 is 0 Å². The maximum absolute atomic E-state index is 11.7. The number of aromatic hydroxyl groups is 2. The predicted molar refractivity (Wildman–Crippen MR) is 60.0 cm³/mol. The monoisotopic (exact) mass is 241 g/mol. The van der Waals surface area contributed by atoms with E-state index in [0.29, 0.717) is 0 Å². The van der Waals surface area contributed by atoms with Gasteiger partial charge >= 0.3 is 0 Å². The first-order valence-electron chi connectivity index (χ1n) is 5.01. The van der Waals surface area contributed by atoms with E-state index in [1.165, 1.54) is 19.2 Å². The van der Waals surface area contributed by atoms with Crippen LogP contribution in [0, 0.1) is 0 Å². The fraction of sp³-hybridized carbons (Fsp3) is 0.364. The van der Waals surface area contributed by atoms with Crippen molar-refractivity contribution in [2.75, 3.05) is 20.3 Å². The fourth-order valence-corrected chi connectivity index (χ4v) is 1.31. The number of phenols is 2. The molecule has 4 N–H and O–H groups in total. The molecule has 0 aliphatic rings. The summed E-state index contributed by atoms with van der Waals surface area (Å²) in [6.07, 6.45) is 0. The molecule has 1 aromatic rings. The normalized spacial score (nSPS) is 12.1. The van der Waals surface area contributed by atoms with Crippen LogP contribution in [-0.4, -0.2) is 47.6 Å². The largest absolute Gasteiger partial charge is 0.508 e. The maximum atomic E-state index is 11.7. The molecule has 1 aromatic carbocycles. The Bertz CT molecular complexity index is 393. The Labute approximate surface area is 98.5 Å². The van der Waals surface area contributed by atoms with E-state index in [0.717, 1.165) is 6.07 Å². The Morgan fingerprint density at radius 1 is 1.47 bits per heavy atom. The van der Waals surface area contributed by atoms with Gasteiger partial charge in [-0.3, -0.25) is 4.79 Å². The van der Waals surface area contributed by atoms with Crippen molar-refractivity contribution in [2.24, 2.45) is 0 Å². The van der Waals surface area contributed by atoms with Crippen molar-refractivity contribution in [3.8, 4) is 11.5 Å². The number of hydrogen-bond donors (Lipinski definition) is 4. The minimum absolute atomic E-state index is 0.0560. The van der Waals surface area contributed by atoms with Gasteiger partial charge in [-0.2, -0.15) is 0 Å². The molecule has 6 heteroatoms. The fourth-order valence-electron chi connectivity index (χ4n) is 1.31. The molecule has 6 nitrogen and oxygen atoms in total. The first-order chi connectivity index (χ1) is 8.08. The molecule has 0 saturated heterocycles. The van der Waals surface area contributed by atoms with Crippen LogP contribution < -0.4 is 5.32 Å². The average Bonchev–Trinajstić information content (AvgIpc) is 2.31. The highest BCUT2D eigenvalue weighted by atomic mass is 16.5. The summed E-state index contributed by atoms with van der Waals surface area (Å²) in [7, 11) is 1.45. The number of nitrogens with one attached hydrogen (secondary N) is 1. The third-order valence-electron chi connectivity index (χ3n) is 2.15. The number of aliphatic hydroxyl groups is 1. The highest BCUT2D eigenvalue weighted by Gasteiger charge is 2.16. The summed E-state index contributed by atoms with van der Waals surface area (Å²) in [5.74, 6) is -0.954. The third kappa shape index (κ3) is 3.61. The van der Waals surface area contributed by atoms with Crippen molar-refractivity contribution in [1.82, 2.24) is 5.32 Å². The molecular formula is C11H15NO5. The number of ether oxygens (including phenoxy) is 1. The Kier molecular flexibility index (Phi) is 4.74. The van der Waals surface area contributed by atoms with Crippen LogP contribution in [-0.2, 0) is 4.74 Å². The van der Waals surface area contributed by atoms with Crippen LogP contribution in [0.15, 0.2) is 18.2 Å². The summed E-state index contributed by atoms with van der Waals surface area (Å²) in [5.41, 5.74) is -0.0560. The number of aliphatic hydroxyl groups excluding tert-OH is 1. The zero-order valence-electron chi connectivity index (χ0n) is 9.38. The highest BCUT2D eigenvalue weighted by molar-refractivity contribution is 5.97. The zero-order valence-corrected chi connectivity index (χ0v) is 9.38. The van der Waals surface area contributed by atoms with Crippen LogP contribution in [0.5, 0.6) is 11.5 Å². The van der Waals surface area contributed by atoms with Gasteiger partial charge in [-0.15, -0.1) is 0 Å². The van der Waals surface area contributed by atoms with Crippen LogP contribution in [0.2, 0.25) is 0 Å². The Balaban J connectivity index is 2.78. The van der Waals surface area contributed by atoms with Crippen molar-refractivity contribution in [1.29, 1.82) is 0 Å². The number of hydrogen-bond acceptors (Lipinski definition) is 5. The molecule has 0 radical (unpaired) electrons. The lowest BCUT2D eigenvalue weighted by atomic mass is 10.1. The molecule has 1 atom stereocenters. The smallest absolute Gasteiger partial charge is 0.255 e. The van der Waals surface area contributed by atoms with Gasteiger partial charge in [-0.1, -0.05) is 0 Å². The van der Waals surface area contributed by atoms with Crippen molar-refractivity contribution < 1.29 is 24.9 Å². The second kappa shape index (κ2) is 6.07. The second-order valence-corrected chi connectivity index (χ2v) is 3.51. The number of rotatable bonds is 5. The third-order valence-corrected chi connectivity index (χ3v) is 2.15. The molecule has 0 saturated carbocycles. The van der Waals surface area contributed by atoms with E-state index < -0.39 is 11.9 Å². The van der Waals surface area contributed by atoms with E-state index in [1.54, 1.807) is 0 Å². The van der Waals surface area contributed by atoms with E-state index in [2.05, 4.69) is 5.32 Å². The first-order valence-corrected chi connectivity index (χ1v) is 5.01. The van der Waals surface area contributed by atoms with Crippen molar-refractivity contribution in [3.05, 3.63) is 23.8 Å². The number of methoxy groups -OCH3 is 1. The highest BCUT2D eigenvalue weighted by Crippen LogP contribution is 2.21. The molecule has 0 spiro atoms. The molecule has 1 rings (SSSR count). The van der Waals surface area contributed by atoms with Gasteiger partial charge in [0.25, 0.3) is 5.91 Å². The quantitative estimate of drug-likeness (QED) is 0.537. The Morgan fingerprint density at radius 2 is 2.18 bits per heavy atom. The summed E-state index contributed by atoms with van der Waals surface area (Å²) < 4.78 is 4.80. The molecule has 1 amide bonds. The van der Waals surface area contributed by atoms with E-state index in [-0.39, 0.29) is 30.3 Å². The molecule has 17 heavy (non-hydrogen) atoms. The molecule has 0 heterocycles. The Morgan fingerprint density at radius 3 is 2.76 bits per heavy atom. The number of phenolic OH excluding ortho intramolecular Hbond substituents is 2. The topological polar surface area (TPSA) is 99.0 Å². The van der Waals surface area contributed by atoms with Gasteiger partial charge in [0, 0.05) is 7.11 Å². The molecule has 0 aliphatic heterocycles. The van der Waals surface area contributed by atoms with Gasteiger partial charge in [0.2, 0.25) is 0 Å². The van der Waals surface area contributed by atoms with Gasteiger partial charge in [0.15, 0.2) is 0 Å². The SMILES string of the molecule is COCC(CO)NC(=O)c1cc(O)ccc1O. The predicted octanol–water partition coefficient (Wildman–Crippen LogP) is -0.165. The Hall–Kier alpha value is -1.79. The lowest BCUT2D eigenvalue weighted by Crippen LogP contribution is -2.40. The van der Waals surface area contributed by atoms with Gasteiger partial charge in [-0.05, 0) is 18.2 Å². The zero-order chi connectivity index (χ0) is 12.8. The first kappa shape index (κ1) is 13.3. The lowest BCUT2D eigenvalue weighted by molar-refractivity contribution is 0.0837. The summed E-state index contributed by atoms with van der Waals surface area (Å²) in [4.78, 5) is 11.7. The maximum Gasteiger partial charge on any atom is 0.255 e. The van der Waals surface area contributed by atoms with Gasteiger partial charge in [0.1, 0.15) is 11.5 Å². The standard InChI is InChI=1S/C11H15NO5/c1-17-6-7(5-13)12-11(16)9-4-8(14)2-3-10(9)15/h2-4,7,13-15H,5-6H2,1H3,(H,12,16). The molecule has 0 fully saturated rings. The van der Waals surface area contributed by atoms with Gasteiger partial charge < -0.3 is 25.4 Å². The summed E-state index contributed by atoms with van der Waals surface area (Å²) in [6.45, 7) is -0.124. The number of amides is 1. The van der Waals surface area contributed by atoms with Gasteiger partial charge in [0.05, 0.1) is 24.8 Å². The molecule has 0 aliphatic carbocycles. The van der Waals surface area contributed by atoms with E-state index >= 15 is 0 Å². The molecule has 1 unspecified atom stereocenters. The summed E-state index contributed by atoms with van der Waals surface area (Å²) >= 11 is 0. The van der Waals surface area contributed by atoms with E-state index in [9.17, 15) is 15.0 Å². The summed E-state index contributed by atoms with van der Waals surface area (Å²) in [6, 6.07) is 3.07. The second-order valence-electron chi connectivity index (χ2n) is 3.51. The van der Waals surface area contributed by atoms with Crippen molar-refractivity contribution in [2.45, 2.75) is 6.04 Å². The van der Waals surface area contributed by atoms with Gasteiger partial charge in [-0.25, -0.2) is 0 Å². The van der Waals surface area contributed by atoms with Crippen LogP contribution in [0.4, 0.5) is 0 Å². The lowest BCUT2D eigenvalue weighted by Gasteiger charge is -2.15. The average molecular weight is 241 g/mol. The number of benzene rings is 1. The number of carbonyl (C=O) groups excluding carboxylic acids is 1. The molecule has 0 aromatic heterocycles. The summed E-state index contributed by atoms with van der Waals surface area (Å²) in [5, 5.41) is 30.1. The van der Waals surface area contributed by atoms with E-state index in [4.69, 9.17) is 9.84 Å². The number of carbonyl (C=O) groups is 1. The minimum Gasteiger partial charge on any atom is -0.508 e. The minimum atomic E-state index is -0.588. The van der Waals surface area contributed by atoms with Crippen LogP contribution in [0.3, 0.4) is 0 Å². The molecule has 94 valence electrons. The van der Waals surface area contributed by atoms with Crippen molar-refractivity contribution in [3.63, 3.8) is 0 Å². The molecular weight excluding hydrogens is 226 g/mol. The van der Waals surface area contributed by atoms with Crippen molar-refractivity contribution >= 4 is 5.91 Å². The van der Waals surface area contributed by atoms with Crippen LogP contribution in [0.25, 0.3) is 0 Å². The van der Waals surface area contributed by atoms with Crippen LogP contribution in [0.1, 0.15) is 10.4 Å². The van der Waals surface area contributed by atoms with E-state index in [1.807, 2.05) is 0 Å². The molecule has 0 bridgehead atoms.